The first-order valence-electron chi connectivity index (χ1n) is 6.88. The van der Waals surface area contributed by atoms with Gasteiger partial charge in [-0.2, -0.15) is 0 Å². The number of carboxylic acid groups (broad SMARTS) is 1. The summed E-state index contributed by atoms with van der Waals surface area (Å²) in [5, 5.41) is 16.2. The lowest BCUT2D eigenvalue weighted by Crippen LogP contribution is -2.34. The Balaban J connectivity index is 2.04. The molecular weight excluding hydrogens is 312 g/mol. The first-order chi connectivity index (χ1) is 10.9. The van der Waals surface area contributed by atoms with Crippen LogP contribution in [0.1, 0.15) is 31.8 Å². The van der Waals surface area contributed by atoms with Crippen molar-refractivity contribution < 1.29 is 14.7 Å². The second kappa shape index (κ2) is 7.02. The van der Waals surface area contributed by atoms with E-state index in [2.05, 4.69) is 10.6 Å². The van der Waals surface area contributed by atoms with Crippen LogP contribution in [0.25, 0.3) is 0 Å². The number of carbonyl (C=O) groups excluding carboxylic acids is 2. The largest absolute Gasteiger partial charge is 0.545 e. The van der Waals surface area contributed by atoms with Crippen molar-refractivity contribution in [2.75, 3.05) is 5.32 Å². The van der Waals surface area contributed by atoms with Crippen LogP contribution in [0.4, 0.5) is 5.69 Å². The minimum absolute atomic E-state index is 0.0262. The molecule has 0 spiro atoms. The molecule has 0 aliphatic heterocycles. The van der Waals surface area contributed by atoms with Crippen molar-refractivity contribution in [1.82, 2.24) is 5.32 Å². The van der Waals surface area contributed by atoms with Gasteiger partial charge in [-0.1, -0.05) is 18.2 Å². The molecule has 2 N–H and O–H groups in total. The van der Waals surface area contributed by atoms with Crippen LogP contribution in [0.5, 0.6) is 0 Å². The van der Waals surface area contributed by atoms with E-state index < -0.39 is 5.97 Å². The van der Waals surface area contributed by atoms with E-state index in [4.69, 9.17) is 12.2 Å². The highest BCUT2D eigenvalue weighted by Crippen LogP contribution is 2.11. The number of benzene rings is 2. The average molecular weight is 327 g/mol. The molecule has 0 saturated heterocycles. The number of aryl methyl sites for hydroxylation is 2. The van der Waals surface area contributed by atoms with Gasteiger partial charge in [0.15, 0.2) is 5.11 Å². The monoisotopic (exact) mass is 327 g/mol. The number of nitrogens with one attached hydrogen (secondary N) is 2. The molecule has 0 aliphatic rings. The van der Waals surface area contributed by atoms with Gasteiger partial charge in [0.05, 0.1) is 5.97 Å². The molecule has 23 heavy (non-hydrogen) atoms. The Morgan fingerprint density at radius 1 is 1.00 bits per heavy atom. The van der Waals surface area contributed by atoms with Crippen LogP contribution in [0, 0.1) is 13.8 Å². The molecule has 2 rings (SSSR count). The van der Waals surface area contributed by atoms with E-state index in [1.54, 1.807) is 24.3 Å². The molecule has 0 unspecified atom stereocenters. The minimum atomic E-state index is -1.28. The summed E-state index contributed by atoms with van der Waals surface area (Å²) in [5.41, 5.74) is 3.09. The number of amides is 1. The molecule has 2 aromatic carbocycles. The Kier molecular flexibility index (Phi) is 5.08. The standard InChI is InChI=1S/C17H16N2O3S/c1-10-6-7-12(8-11(10)2)15(20)19-17(23)18-14-5-3-4-13(9-14)16(21)22/h3-9H,1-2H3,(H,21,22)(H2,18,19,20,23)/p-1. The summed E-state index contributed by atoms with van der Waals surface area (Å²) in [6.07, 6.45) is 0. The van der Waals surface area contributed by atoms with Gasteiger partial charge in [0, 0.05) is 11.3 Å². The second-order valence-electron chi connectivity index (χ2n) is 5.08. The van der Waals surface area contributed by atoms with E-state index >= 15 is 0 Å². The van der Waals surface area contributed by atoms with E-state index in [9.17, 15) is 14.7 Å². The zero-order chi connectivity index (χ0) is 17.0. The SMILES string of the molecule is Cc1ccc(C(=O)NC(=S)Nc2cccc(C(=O)[O-])c2)cc1C. The van der Waals surface area contributed by atoms with E-state index in [0.29, 0.717) is 11.3 Å². The first-order valence-corrected chi connectivity index (χ1v) is 7.28. The van der Waals surface area contributed by atoms with Crippen molar-refractivity contribution in [2.24, 2.45) is 0 Å². The molecule has 6 heteroatoms. The van der Waals surface area contributed by atoms with Crippen molar-refractivity contribution in [3.05, 3.63) is 64.7 Å². The maximum Gasteiger partial charge on any atom is 0.257 e. The Morgan fingerprint density at radius 2 is 1.74 bits per heavy atom. The number of anilines is 1. The smallest absolute Gasteiger partial charge is 0.257 e. The van der Waals surface area contributed by atoms with Crippen LogP contribution in [0.15, 0.2) is 42.5 Å². The lowest BCUT2D eigenvalue weighted by molar-refractivity contribution is -0.255. The number of rotatable bonds is 3. The van der Waals surface area contributed by atoms with Gasteiger partial charge in [-0.05, 0) is 67.0 Å². The molecule has 0 fully saturated rings. The zero-order valence-electron chi connectivity index (χ0n) is 12.7. The van der Waals surface area contributed by atoms with Gasteiger partial charge in [0.25, 0.3) is 5.91 Å². The van der Waals surface area contributed by atoms with Gasteiger partial charge in [-0.15, -0.1) is 0 Å². The van der Waals surface area contributed by atoms with E-state index in [1.807, 2.05) is 19.9 Å². The topological polar surface area (TPSA) is 81.3 Å². The normalized spacial score (nSPS) is 10.0. The minimum Gasteiger partial charge on any atom is -0.545 e. The highest BCUT2D eigenvalue weighted by Gasteiger charge is 2.09. The van der Waals surface area contributed by atoms with E-state index in [-0.39, 0.29) is 16.6 Å². The van der Waals surface area contributed by atoms with Crippen molar-refractivity contribution in [1.29, 1.82) is 0 Å². The van der Waals surface area contributed by atoms with Gasteiger partial charge in [0.2, 0.25) is 0 Å². The van der Waals surface area contributed by atoms with Crippen molar-refractivity contribution in [3.8, 4) is 0 Å². The van der Waals surface area contributed by atoms with Crippen LogP contribution in [-0.2, 0) is 0 Å². The lowest BCUT2D eigenvalue weighted by Gasteiger charge is -2.11. The van der Waals surface area contributed by atoms with Gasteiger partial charge in [-0.25, -0.2) is 0 Å². The van der Waals surface area contributed by atoms with Crippen LogP contribution >= 0.6 is 12.2 Å². The third-order valence-electron chi connectivity index (χ3n) is 3.35. The molecule has 1 amide bonds. The van der Waals surface area contributed by atoms with Crippen LogP contribution in [-0.4, -0.2) is 17.0 Å². The molecule has 0 aliphatic carbocycles. The number of hydrogen-bond acceptors (Lipinski definition) is 4. The highest BCUT2D eigenvalue weighted by atomic mass is 32.1. The van der Waals surface area contributed by atoms with Crippen molar-refractivity contribution >= 4 is 34.9 Å². The Bertz CT molecular complexity index is 787. The molecule has 118 valence electrons. The molecular formula is C17H15N2O3S-. The summed E-state index contributed by atoms with van der Waals surface area (Å²) < 4.78 is 0. The Hall–Kier alpha value is -2.73. The molecule has 5 nitrogen and oxygen atoms in total. The molecule has 0 aromatic heterocycles. The maximum atomic E-state index is 12.1. The van der Waals surface area contributed by atoms with Gasteiger partial charge >= 0.3 is 0 Å². The quantitative estimate of drug-likeness (QED) is 0.840. The van der Waals surface area contributed by atoms with Crippen LogP contribution in [0.3, 0.4) is 0 Å². The van der Waals surface area contributed by atoms with Gasteiger partial charge in [-0.3, -0.25) is 10.1 Å². The fraction of sp³-hybridized carbons (Fsp3) is 0.118. The van der Waals surface area contributed by atoms with Crippen LogP contribution in [0.2, 0.25) is 0 Å². The van der Waals surface area contributed by atoms with Gasteiger partial charge in [0.1, 0.15) is 0 Å². The van der Waals surface area contributed by atoms with E-state index in [0.717, 1.165) is 11.1 Å². The summed E-state index contributed by atoms with van der Waals surface area (Å²) in [6.45, 7) is 3.89. The second-order valence-corrected chi connectivity index (χ2v) is 5.48. The average Bonchev–Trinajstić information content (AvgIpc) is 2.50. The number of carboxylic acids is 1. The predicted molar refractivity (Wildman–Crippen MR) is 90.4 cm³/mol. The van der Waals surface area contributed by atoms with Crippen molar-refractivity contribution in [3.63, 3.8) is 0 Å². The number of hydrogen-bond donors (Lipinski definition) is 2. The molecule has 0 saturated carbocycles. The fourth-order valence-electron chi connectivity index (χ4n) is 1.94. The number of carbonyl (C=O) groups is 2. The number of thiocarbonyl (C=S) groups is 1. The molecule has 0 radical (unpaired) electrons. The van der Waals surface area contributed by atoms with Gasteiger partial charge < -0.3 is 15.2 Å². The predicted octanol–water partition coefficient (Wildman–Crippen LogP) is 1.79. The summed E-state index contributed by atoms with van der Waals surface area (Å²) in [4.78, 5) is 23.0. The molecule has 0 bridgehead atoms. The van der Waals surface area contributed by atoms with E-state index in [1.165, 1.54) is 12.1 Å². The molecule has 0 heterocycles. The van der Waals surface area contributed by atoms with Crippen LogP contribution < -0.4 is 15.7 Å². The number of aromatic carboxylic acids is 1. The zero-order valence-corrected chi connectivity index (χ0v) is 13.5. The third kappa shape index (κ3) is 4.37. The summed E-state index contributed by atoms with van der Waals surface area (Å²) in [7, 11) is 0. The third-order valence-corrected chi connectivity index (χ3v) is 3.56. The van der Waals surface area contributed by atoms with Crippen molar-refractivity contribution in [2.45, 2.75) is 13.8 Å². The molecule has 2 aromatic rings. The summed E-state index contributed by atoms with van der Waals surface area (Å²) in [6, 6.07) is 11.4. The highest BCUT2D eigenvalue weighted by molar-refractivity contribution is 7.80. The first kappa shape index (κ1) is 16.6. The Labute approximate surface area is 139 Å². The fourth-order valence-corrected chi connectivity index (χ4v) is 2.15. The summed E-state index contributed by atoms with van der Waals surface area (Å²) in [5.74, 6) is -1.61. The molecule has 0 atom stereocenters. The Morgan fingerprint density at radius 3 is 2.39 bits per heavy atom. The maximum absolute atomic E-state index is 12.1. The lowest BCUT2D eigenvalue weighted by atomic mass is 10.1. The summed E-state index contributed by atoms with van der Waals surface area (Å²) >= 11 is 5.07.